The monoisotopic (exact) mass is 334 g/mol. The molecule has 0 aliphatic carbocycles. The number of fused-ring (bicyclic) bond motifs is 1. The normalized spacial score (nSPS) is 10.9. The zero-order valence-electron chi connectivity index (χ0n) is 9.18. The van der Waals surface area contributed by atoms with E-state index in [0.29, 0.717) is 0 Å². The van der Waals surface area contributed by atoms with Crippen LogP contribution in [0.5, 0.6) is 0 Å². The van der Waals surface area contributed by atoms with Gasteiger partial charge in [0.05, 0.1) is 23.9 Å². The van der Waals surface area contributed by atoms with Crippen molar-refractivity contribution in [2.24, 2.45) is 0 Å². The lowest BCUT2D eigenvalue weighted by Crippen LogP contribution is -1.99. The van der Waals surface area contributed by atoms with E-state index in [1.54, 1.807) is 0 Å². The Morgan fingerprint density at radius 2 is 1.76 bits per heavy atom. The summed E-state index contributed by atoms with van der Waals surface area (Å²) in [4.78, 5) is 4.41. The second-order valence-electron chi connectivity index (χ2n) is 3.95. The van der Waals surface area contributed by atoms with Gasteiger partial charge in [0.25, 0.3) is 0 Å². The summed E-state index contributed by atoms with van der Waals surface area (Å²) >= 11 is 2.38. The van der Waals surface area contributed by atoms with Gasteiger partial charge in [0, 0.05) is 3.57 Å². The van der Waals surface area contributed by atoms with E-state index in [-0.39, 0.29) is 0 Å². The molecular weight excluding hydrogens is 323 g/mol. The van der Waals surface area contributed by atoms with Crippen molar-refractivity contribution in [3.63, 3.8) is 0 Å². The summed E-state index contributed by atoms with van der Waals surface area (Å²) in [5.74, 6) is 0. The highest BCUT2D eigenvalue weighted by atomic mass is 127. The molecule has 0 saturated heterocycles. The molecule has 0 saturated carbocycles. The zero-order chi connectivity index (χ0) is 11.7. The smallest absolute Gasteiger partial charge is 0.0961 e. The summed E-state index contributed by atoms with van der Waals surface area (Å²) in [5.41, 5.74) is 3.57. The number of aromatic nitrogens is 2. The van der Waals surface area contributed by atoms with E-state index < -0.39 is 0 Å². The molecule has 3 heteroatoms. The Bertz CT molecular complexity index is 658. The van der Waals surface area contributed by atoms with Gasteiger partial charge in [-0.2, -0.15) is 0 Å². The minimum Gasteiger partial charge on any atom is -0.326 e. The van der Waals surface area contributed by atoms with Crippen LogP contribution in [-0.4, -0.2) is 9.55 Å². The highest BCUT2D eigenvalue weighted by Crippen LogP contribution is 2.17. The van der Waals surface area contributed by atoms with E-state index in [2.05, 4.69) is 68.5 Å². The minimum absolute atomic E-state index is 0.875. The van der Waals surface area contributed by atoms with Crippen LogP contribution >= 0.6 is 22.6 Å². The van der Waals surface area contributed by atoms with Crippen LogP contribution in [0.3, 0.4) is 0 Å². The largest absolute Gasteiger partial charge is 0.326 e. The predicted octanol–water partition coefficient (Wildman–Crippen LogP) is 3.69. The van der Waals surface area contributed by atoms with Crippen LogP contribution in [0.4, 0.5) is 0 Å². The Morgan fingerprint density at radius 1 is 1.00 bits per heavy atom. The first-order chi connectivity index (χ1) is 8.34. The number of rotatable bonds is 2. The molecule has 1 aromatic heterocycles. The molecule has 84 valence electrons. The lowest BCUT2D eigenvalue weighted by atomic mass is 10.2. The fourth-order valence-corrected chi connectivity index (χ4v) is 2.50. The molecule has 2 nitrogen and oxygen atoms in total. The first-order valence-corrected chi connectivity index (χ1v) is 6.56. The molecule has 0 N–H and O–H groups in total. The van der Waals surface area contributed by atoms with Gasteiger partial charge in [0.15, 0.2) is 0 Å². The van der Waals surface area contributed by atoms with Gasteiger partial charge in [-0.25, -0.2) is 4.98 Å². The molecule has 0 amide bonds. The van der Waals surface area contributed by atoms with E-state index in [1.807, 2.05) is 18.5 Å². The number of benzene rings is 2. The molecule has 0 fully saturated rings. The summed E-state index contributed by atoms with van der Waals surface area (Å²) in [6.07, 6.45) is 1.91. The second kappa shape index (κ2) is 4.49. The highest BCUT2D eigenvalue weighted by Gasteiger charge is 2.04. The van der Waals surface area contributed by atoms with Crippen molar-refractivity contribution in [2.45, 2.75) is 6.54 Å². The van der Waals surface area contributed by atoms with E-state index in [1.165, 1.54) is 14.7 Å². The van der Waals surface area contributed by atoms with Crippen molar-refractivity contribution < 1.29 is 0 Å². The van der Waals surface area contributed by atoms with Gasteiger partial charge in [-0.05, 0) is 46.4 Å². The summed E-state index contributed by atoms with van der Waals surface area (Å²) in [5, 5.41) is 0. The topological polar surface area (TPSA) is 17.8 Å². The van der Waals surface area contributed by atoms with Crippen LogP contribution in [0.15, 0.2) is 54.9 Å². The average Bonchev–Trinajstić information content (AvgIpc) is 2.76. The third-order valence-corrected chi connectivity index (χ3v) is 3.88. The SMILES string of the molecule is Ic1ccccc1Cn1cnc2ccccc21. The molecule has 0 unspecified atom stereocenters. The van der Waals surface area contributed by atoms with Crippen LogP contribution in [0.25, 0.3) is 11.0 Å². The van der Waals surface area contributed by atoms with Gasteiger partial charge >= 0.3 is 0 Å². The highest BCUT2D eigenvalue weighted by molar-refractivity contribution is 14.1. The second-order valence-corrected chi connectivity index (χ2v) is 5.11. The number of hydrogen-bond donors (Lipinski definition) is 0. The van der Waals surface area contributed by atoms with Crippen molar-refractivity contribution >= 4 is 33.6 Å². The van der Waals surface area contributed by atoms with Gasteiger partial charge < -0.3 is 4.57 Å². The summed E-state index contributed by atoms with van der Waals surface area (Å²) in [6, 6.07) is 16.7. The Hall–Kier alpha value is -1.36. The Balaban J connectivity index is 2.03. The molecule has 17 heavy (non-hydrogen) atoms. The molecule has 0 aliphatic rings. The van der Waals surface area contributed by atoms with Crippen LogP contribution < -0.4 is 0 Å². The van der Waals surface area contributed by atoms with Gasteiger partial charge in [0.2, 0.25) is 0 Å². The van der Waals surface area contributed by atoms with Gasteiger partial charge in [-0.3, -0.25) is 0 Å². The molecule has 3 aromatic rings. The van der Waals surface area contributed by atoms with Crippen LogP contribution in [0, 0.1) is 3.57 Å². The number of imidazole rings is 1. The molecule has 0 radical (unpaired) electrons. The van der Waals surface area contributed by atoms with Crippen molar-refractivity contribution in [1.82, 2.24) is 9.55 Å². The maximum atomic E-state index is 4.41. The van der Waals surface area contributed by atoms with Crippen molar-refractivity contribution in [1.29, 1.82) is 0 Å². The number of nitrogens with zero attached hydrogens (tertiary/aromatic N) is 2. The molecule has 0 aliphatic heterocycles. The first-order valence-electron chi connectivity index (χ1n) is 5.48. The van der Waals surface area contributed by atoms with Crippen LogP contribution in [0.2, 0.25) is 0 Å². The maximum Gasteiger partial charge on any atom is 0.0961 e. The van der Waals surface area contributed by atoms with Crippen LogP contribution in [-0.2, 0) is 6.54 Å². The summed E-state index contributed by atoms with van der Waals surface area (Å²) < 4.78 is 3.48. The minimum atomic E-state index is 0.875. The van der Waals surface area contributed by atoms with Crippen LogP contribution in [0.1, 0.15) is 5.56 Å². The lowest BCUT2D eigenvalue weighted by Gasteiger charge is -2.06. The van der Waals surface area contributed by atoms with E-state index in [9.17, 15) is 0 Å². The standard InChI is InChI=1S/C14H11IN2/c15-12-6-2-1-5-11(12)9-17-10-16-13-7-3-4-8-14(13)17/h1-8,10H,9H2. The van der Waals surface area contributed by atoms with Crippen molar-refractivity contribution in [2.75, 3.05) is 0 Å². The summed E-state index contributed by atoms with van der Waals surface area (Å²) in [7, 11) is 0. The fraction of sp³-hybridized carbons (Fsp3) is 0.0714. The molecule has 2 aromatic carbocycles. The van der Waals surface area contributed by atoms with E-state index >= 15 is 0 Å². The maximum absolute atomic E-state index is 4.41. The lowest BCUT2D eigenvalue weighted by molar-refractivity contribution is 0.820. The van der Waals surface area contributed by atoms with Gasteiger partial charge in [-0.15, -0.1) is 0 Å². The molecule has 0 spiro atoms. The Labute approximate surface area is 113 Å². The average molecular weight is 334 g/mol. The molecule has 0 atom stereocenters. The fourth-order valence-electron chi connectivity index (χ4n) is 1.95. The van der Waals surface area contributed by atoms with Gasteiger partial charge in [0.1, 0.15) is 0 Å². The quantitative estimate of drug-likeness (QED) is 0.654. The third-order valence-electron chi connectivity index (χ3n) is 2.83. The predicted molar refractivity (Wildman–Crippen MR) is 78.0 cm³/mol. The zero-order valence-corrected chi connectivity index (χ0v) is 11.3. The molecule has 0 bridgehead atoms. The van der Waals surface area contributed by atoms with E-state index in [0.717, 1.165) is 12.1 Å². The number of halogens is 1. The first kappa shape index (κ1) is 10.8. The Morgan fingerprint density at radius 3 is 2.65 bits per heavy atom. The van der Waals surface area contributed by atoms with Gasteiger partial charge in [-0.1, -0.05) is 30.3 Å². The third kappa shape index (κ3) is 2.07. The number of hydrogen-bond acceptors (Lipinski definition) is 1. The van der Waals surface area contributed by atoms with Crippen molar-refractivity contribution in [3.8, 4) is 0 Å². The molecule has 3 rings (SSSR count). The Kier molecular flexibility index (Phi) is 2.84. The number of para-hydroxylation sites is 2. The summed E-state index contributed by atoms with van der Waals surface area (Å²) in [6.45, 7) is 0.875. The van der Waals surface area contributed by atoms with E-state index in [4.69, 9.17) is 0 Å². The van der Waals surface area contributed by atoms with Crippen molar-refractivity contribution in [3.05, 3.63) is 64.0 Å². The molecule has 1 heterocycles. The molecular formula is C14H11IN2.